The molecule has 0 aromatic heterocycles. The molecule has 2 aromatic rings. The summed E-state index contributed by atoms with van der Waals surface area (Å²) in [5.74, 6) is -2.28. The molecule has 1 aliphatic rings. The number of imide groups is 2. The Balaban J connectivity index is 1.87. The van der Waals surface area contributed by atoms with Crippen LogP contribution in [0, 0.1) is 6.92 Å². The molecule has 2 aromatic carbocycles. The smallest absolute Gasteiger partial charge is 0.344 e. The van der Waals surface area contributed by atoms with Gasteiger partial charge >= 0.3 is 12.0 Å². The molecule has 2 N–H and O–H groups in total. The van der Waals surface area contributed by atoms with Crippen molar-refractivity contribution < 1.29 is 29.0 Å². The molecule has 1 fully saturated rings. The Morgan fingerprint density at radius 1 is 1.14 bits per heavy atom. The molecular formula is C21H18N2O6. The minimum Gasteiger partial charge on any atom is -0.479 e. The van der Waals surface area contributed by atoms with E-state index in [0.717, 1.165) is 10.5 Å². The average Bonchev–Trinajstić information content (AvgIpc) is 2.66. The molecule has 8 heteroatoms. The van der Waals surface area contributed by atoms with Crippen molar-refractivity contribution in [2.24, 2.45) is 0 Å². The molecule has 29 heavy (non-hydrogen) atoms. The van der Waals surface area contributed by atoms with Crippen molar-refractivity contribution in [3.05, 3.63) is 65.2 Å². The molecule has 148 valence electrons. The summed E-state index contributed by atoms with van der Waals surface area (Å²) < 4.78 is 5.24. The van der Waals surface area contributed by atoms with Crippen LogP contribution in [0.5, 0.6) is 5.75 Å². The van der Waals surface area contributed by atoms with Crippen molar-refractivity contribution in [2.45, 2.75) is 20.0 Å². The maximum absolute atomic E-state index is 12.8. The zero-order valence-corrected chi connectivity index (χ0v) is 15.7. The first kappa shape index (κ1) is 19.8. The van der Waals surface area contributed by atoms with Gasteiger partial charge in [0.15, 0.2) is 6.10 Å². The van der Waals surface area contributed by atoms with Crippen molar-refractivity contribution in [3.63, 3.8) is 0 Å². The maximum Gasteiger partial charge on any atom is 0.344 e. The van der Waals surface area contributed by atoms with Crippen LogP contribution in [0.2, 0.25) is 0 Å². The summed E-state index contributed by atoms with van der Waals surface area (Å²) >= 11 is 0. The number of hydrogen-bond donors (Lipinski definition) is 2. The highest BCUT2D eigenvalue weighted by molar-refractivity contribution is 6.39. The van der Waals surface area contributed by atoms with Gasteiger partial charge in [0.05, 0.1) is 5.69 Å². The van der Waals surface area contributed by atoms with Crippen molar-refractivity contribution in [1.29, 1.82) is 0 Å². The lowest BCUT2D eigenvalue weighted by Crippen LogP contribution is -2.54. The Morgan fingerprint density at radius 2 is 1.83 bits per heavy atom. The Hall–Kier alpha value is -3.94. The summed E-state index contributed by atoms with van der Waals surface area (Å²) in [6.07, 6.45) is 0.343. The number of hydrogen-bond acceptors (Lipinski definition) is 5. The number of aliphatic carboxylic acids is 1. The van der Waals surface area contributed by atoms with E-state index in [0.29, 0.717) is 17.0 Å². The number of benzene rings is 2. The highest BCUT2D eigenvalue weighted by atomic mass is 16.5. The van der Waals surface area contributed by atoms with Crippen LogP contribution in [-0.2, 0) is 14.4 Å². The SMILES string of the molecule is Cc1cccc(N2C(=O)NC(=O)/C(=C/c3ccc(OC(C)C(=O)O)cc3)C2=O)c1. The highest BCUT2D eigenvalue weighted by Gasteiger charge is 2.36. The van der Waals surface area contributed by atoms with E-state index >= 15 is 0 Å². The topological polar surface area (TPSA) is 113 Å². The lowest BCUT2D eigenvalue weighted by Gasteiger charge is -2.26. The highest BCUT2D eigenvalue weighted by Crippen LogP contribution is 2.23. The number of carbonyl (C=O) groups is 4. The minimum atomic E-state index is -1.10. The van der Waals surface area contributed by atoms with E-state index in [4.69, 9.17) is 9.84 Å². The molecule has 1 atom stereocenters. The number of carboxylic acid groups (broad SMARTS) is 1. The fraction of sp³-hybridized carbons (Fsp3) is 0.143. The van der Waals surface area contributed by atoms with Crippen LogP contribution < -0.4 is 15.0 Å². The van der Waals surface area contributed by atoms with E-state index in [1.54, 1.807) is 30.3 Å². The molecule has 1 unspecified atom stereocenters. The fourth-order valence-electron chi connectivity index (χ4n) is 2.72. The van der Waals surface area contributed by atoms with E-state index < -0.39 is 29.9 Å². The molecule has 0 spiro atoms. The van der Waals surface area contributed by atoms with Crippen molar-refractivity contribution in [2.75, 3.05) is 4.90 Å². The minimum absolute atomic E-state index is 0.196. The number of rotatable bonds is 5. The van der Waals surface area contributed by atoms with Gasteiger partial charge in [-0.05, 0) is 55.3 Å². The van der Waals surface area contributed by atoms with E-state index in [2.05, 4.69) is 5.32 Å². The molecule has 0 saturated carbocycles. The van der Waals surface area contributed by atoms with Gasteiger partial charge in [0, 0.05) is 0 Å². The zero-order valence-electron chi connectivity index (χ0n) is 15.7. The predicted octanol–water partition coefficient (Wildman–Crippen LogP) is 2.51. The number of nitrogens with one attached hydrogen (secondary N) is 1. The molecule has 0 bridgehead atoms. The first-order chi connectivity index (χ1) is 13.8. The van der Waals surface area contributed by atoms with Crippen molar-refractivity contribution >= 4 is 35.6 Å². The van der Waals surface area contributed by atoms with Crippen LogP contribution in [0.25, 0.3) is 6.08 Å². The summed E-state index contributed by atoms with van der Waals surface area (Å²) in [6, 6.07) is 12.2. The first-order valence-electron chi connectivity index (χ1n) is 8.74. The van der Waals surface area contributed by atoms with Crippen LogP contribution >= 0.6 is 0 Å². The second-order valence-electron chi connectivity index (χ2n) is 6.46. The van der Waals surface area contributed by atoms with Gasteiger partial charge in [0.25, 0.3) is 11.8 Å². The van der Waals surface area contributed by atoms with Crippen LogP contribution in [0.1, 0.15) is 18.1 Å². The number of urea groups is 1. The van der Waals surface area contributed by atoms with E-state index in [9.17, 15) is 19.2 Å². The third-order valence-electron chi connectivity index (χ3n) is 4.21. The Morgan fingerprint density at radius 3 is 2.45 bits per heavy atom. The van der Waals surface area contributed by atoms with E-state index in [-0.39, 0.29) is 5.57 Å². The predicted molar refractivity (Wildman–Crippen MR) is 104 cm³/mol. The van der Waals surface area contributed by atoms with Gasteiger partial charge in [-0.1, -0.05) is 24.3 Å². The summed E-state index contributed by atoms with van der Waals surface area (Å²) in [5.41, 5.74) is 1.53. The number of barbiturate groups is 1. The van der Waals surface area contributed by atoms with Crippen LogP contribution in [0.3, 0.4) is 0 Å². The Kier molecular flexibility index (Phi) is 5.45. The first-order valence-corrected chi connectivity index (χ1v) is 8.74. The molecule has 0 aliphatic carbocycles. The Bertz CT molecular complexity index is 1030. The lowest BCUT2D eigenvalue weighted by atomic mass is 10.1. The third kappa shape index (κ3) is 4.32. The molecule has 3 rings (SSSR count). The van der Waals surface area contributed by atoms with Crippen LogP contribution in [0.4, 0.5) is 10.5 Å². The summed E-state index contributed by atoms with van der Waals surface area (Å²) in [6.45, 7) is 3.23. The Labute approximate surface area is 166 Å². The molecule has 1 heterocycles. The molecule has 4 amide bonds. The summed E-state index contributed by atoms with van der Waals surface area (Å²) in [5, 5.41) is 11.0. The monoisotopic (exact) mass is 394 g/mol. The van der Waals surface area contributed by atoms with Gasteiger partial charge in [0.2, 0.25) is 0 Å². The molecule has 1 aliphatic heterocycles. The second-order valence-corrected chi connectivity index (χ2v) is 6.46. The number of aryl methyl sites for hydroxylation is 1. The van der Waals surface area contributed by atoms with Crippen LogP contribution in [0.15, 0.2) is 54.1 Å². The zero-order chi connectivity index (χ0) is 21.1. The number of carboxylic acids is 1. The summed E-state index contributed by atoms with van der Waals surface area (Å²) in [7, 11) is 0. The van der Waals surface area contributed by atoms with Gasteiger partial charge in [-0.2, -0.15) is 0 Å². The number of ether oxygens (including phenoxy) is 1. The van der Waals surface area contributed by atoms with Crippen LogP contribution in [-0.4, -0.2) is 35.0 Å². The molecule has 0 radical (unpaired) electrons. The number of anilines is 1. The summed E-state index contributed by atoms with van der Waals surface area (Å²) in [4.78, 5) is 49.0. The van der Waals surface area contributed by atoms with Gasteiger partial charge in [-0.25, -0.2) is 14.5 Å². The number of carbonyl (C=O) groups excluding carboxylic acids is 3. The third-order valence-corrected chi connectivity index (χ3v) is 4.21. The molecule has 1 saturated heterocycles. The fourth-order valence-corrected chi connectivity index (χ4v) is 2.72. The van der Waals surface area contributed by atoms with Crippen molar-refractivity contribution in [3.8, 4) is 5.75 Å². The van der Waals surface area contributed by atoms with Gasteiger partial charge < -0.3 is 9.84 Å². The van der Waals surface area contributed by atoms with E-state index in [1.807, 2.05) is 13.0 Å². The average molecular weight is 394 g/mol. The normalized spacial score (nSPS) is 16.6. The number of nitrogens with zero attached hydrogens (tertiary/aromatic N) is 1. The van der Waals surface area contributed by atoms with Gasteiger partial charge in [0.1, 0.15) is 11.3 Å². The van der Waals surface area contributed by atoms with Gasteiger partial charge in [-0.3, -0.25) is 14.9 Å². The van der Waals surface area contributed by atoms with E-state index in [1.165, 1.54) is 25.1 Å². The van der Waals surface area contributed by atoms with Crippen molar-refractivity contribution in [1.82, 2.24) is 5.32 Å². The lowest BCUT2D eigenvalue weighted by molar-refractivity contribution is -0.144. The quantitative estimate of drug-likeness (QED) is 0.595. The maximum atomic E-state index is 12.8. The van der Waals surface area contributed by atoms with Gasteiger partial charge in [-0.15, -0.1) is 0 Å². The number of amides is 4. The molecular weight excluding hydrogens is 376 g/mol. The molecule has 8 nitrogen and oxygen atoms in total. The second kappa shape index (κ2) is 7.97. The standard InChI is InChI=1S/C21H18N2O6/c1-12-4-3-5-15(10-12)23-19(25)17(18(24)22-21(23)28)11-14-6-8-16(9-7-14)29-13(2)20(26)27/h3-11,13H,1-2H3,(H,26,27)(H,22,24,28)/b17-11-. The largest absolute Gasteiger partial charge is 0.479 e.